The molecule has 0 spiro atoms. The largest absolute Gasteiger partial charge is 0.464 e. The molecule has 0 amide bonds. The second-order valence-corrected chi connectivity index (χ2v) is 5.53. The van der Waals surface area contributed by atoms with Crippen molar-refractivity contribution in [2.75, 3.05) is 0 Å². The highest BCUT2D eigenvalue weighted by molar-refractivity contribution is 9.10. The van der Waals surface area contributed by atoms with Gasteiger partial charge < -0.3 is 4.42 Å². The van der Waals surface area contributed by atoms with Gasteiger partial charge >= 0.3 is 6.18 Å². The maximum absolute atomic E-state index is 13.0. The molecule has 0 aromatic heterocycles. The Hall–Kier alpha value is -2.08. The molecule has 6 heteroatoms. The molecule has 0 fully saturated rings. The highest BCUT2D eigenvalue weighted by Gasteiger charge is 2.33. The first-order valence-corrected chi connectivity index (χ1v) is 7.03. The molecule has 0 radical (unpaired) electrons. The third kappa shape index (κ3) is 2.43. The normalized spacial score (nSPS) is 11.8. The molecule has 0 bridgehead atoms. The van der Waals surface area contributed by atoms with E-state index in [1.165, 1.54) is 18.4 Å². The van der Waals surface area contributed by atoms with Crippen molar-refractivity contribution in [3.8, 4) is 22.5 Å². The van der Waals surface area contributed by atoms with Crippen molar-refractivity contribution in [3.05, 3.63) is 58.3 Å². The third-order valence-corrected chi connectivity index (χ3v) is 4.03. The topological polar surface area (TPSA) is 30.2 Å². The van der Waals surface area contributed by atoms with Crippen LogP contribution in [0.3, 0.4) is 0 Å². The van der Waals surface area contributed by atoms with Crippen molar-refractivity contribution < 1.29 is 22.4 Å². The van der Waals surface area contributed by atoms with E-state index in [0.29, 0.717) is 28.7 Å². The fourth-order valence-corrected chi connectivity index (χ4v) is 2.82. The van der Waals surface area contributed by atoms with E-state index in [9.17, 15) is 18.0 Å². The van der Waals surface area contributed by atoms with Gasteiger partial charge in [-0.1, -0.05) is 22.0 Å². The van der Waals surface area contributed by atoms with Crippen molar-refractivity contribution in [1.82, 2.24) is 0 Å². The van der Waals surface area contributed by atoms with Crippen molar-refractivity contribution >= 4 is 22.2 Å². The molecule has 22 heavy (non-hydrogen) atoms. The first kappa shape index (κ1) is 14.8. The zero-order chi connectivity index (χ0) is 15.9. The van der Waals surface area contributed by atoms with Crippen LogP contribution in [0.1, 0.15) is 15.9 Å². The summed E-state index contributed by atoms with van der Waals surface area (Å²) < 4.78 is 44.3. The Morgan fingerprint density at radius 1 is 1.09 bits per heavy atom. The van der Waals surface area contributed by atoms with Crippen LogP contribution in [0, 0.1) is 0 Å². The highest BCUT2D eigenvalue weighted by Crippen LogP contribution is 2.41. The lowest BCUT2D eigenvalue weighted by Crippen LogP contribution is -2.06. The Morgan fingerprint density at radius 2 is 1.86 bits per heavy atom. The van der Waals surface area contributed by atoms with Gasteiger partial charge in [-0.05, 0) is 41.5 Å². The summed E-state index contributed by atoms with van der Waals surface area (Å²) in [5, 5.41) is 0. The van der Waals surface area contributed by atoms with Crippen molar-refractivity contribution in [2.24, 2.45) is 0 Å². The Kier molecular flexibility index (Phi) is 3.56. The molecule has 0 saturated carbocycles. The van der Waals surface area contributed by atoms with E-state index in [1.807, 2.05) is 0 Å². The second-order valence-electron chi connectivity index (χ2n) is 4.68. The van der Waals surface area contributed by atoms with Crippen LogP contribution in [0.5, 0.6) is 0 Å². The summed E-state index contributed by atoms with van der Waals surface area (Å²) in [5.41, 5.74) is 0.841. The molecular weight excluding hydrogens is 361 g/mol. The van der Waals surface area contributed by atoms with E-state index in [1.54, 1.807) is 18.2 Å². The van der Waals surface area contributed by atoms with E-state index in [2.05, 4.69) is 15.9 Å². The Labute approximate surface area is 132 Å². The van der Waals surface area contributed by atoms with E-state index in [0.717, 1.165) is 6.07 Å². The molecular formula is C16H8BrF3O2. The Morgan fingerprint density at radius 3 is 2.55 bits per heavy atom. The van der Waals surface area contributed by atoms with Gasteiger partial charge in [0.05, 0.1) is 17.4 Å². The molecule has 112 valence electrons. The minimum Gasteiger partial charge on any atom is -0.464 e. The van der Waals surface area contributed by atoms with Crippen molar-refractivity contribution in [1.29, 1.82) is 0 Å². The van der Waals surface area contributed by atoms with Crippen molar-refractivity contribution in [2.45, 2.75) is 6.18 Å². The predicted molar refractivity (Wildman–Crippen MR) is 78.9 cm³/mol. The van der Waals surface area contributed by atoms with Crippen LogP contribution in [0.2, 0.25) is 0 Å². The van der Waals surface area contributed by atoms with Crippen LogP contribution >= 0.6 is 15.9 Å². The molecule has 1 aromatic rings. The van der Waals surface area contributed by atoms with Gasteiger partial charge in [-0.25, -0.2) is 0 Å². The first-order chi connectivity index (χ1) is 10.4. The number of benzene rings is 1. The number of aldehydes is 1. The number of hydrogen-bond acceptors (Lipinski definition) is 2. The molecule has 1 aromatic carbocycles. The van der Waals surface area contributed by atoms with Gasteiger partial charge in [-0.3, -0.25) is 4.79 Å². The number of fused-ring (bicyclic) bond motifs is 1. The second kappa shape index (κ2) is 5.28. The number of alkyl halides is 3. The van der Waals surface area contributed by atoms with Crippen molar-refractivity contribution in [3.63, 3.8) is 0 Å². The van der Waals surface area contributed by atoms with Gasteiger partial charge in [-0.15, -0.1) is 0 Å². The molecule has 1 heterocycles. The average molecular weight is 369 g/mol. The zero-order valence-electron chi connectivity index (χ0n) is 10.9. The smallest absolute Gasteiger partial charge is 0.417 e. The maximum Gasteiger partial charge on any atom is 0.417 e. The molecule has 1 aliphatic heterocycles. The van der Waals surface area contributed by atoms with E-state index in [4.69, 9.17) is 4.42 Å². The molecule has 3 rings (SSSR count). The van der Waals surface area contributed by atoms with Gasteiger partial charge in [0.2, 0.25) is 0 Å². The number of hydrogen-bond donors (Lipinski definition) is 0. The van der Waals surface area contributed by atoms with E-state index < -0.39 is 11.7 Å². The number of carbonyl (C=O) groups excluding carboxylic acids is 1. The molecule has 1 aliphatic carbocycles. The standard InChI is InChI=1S/C16H8BrF3O2/c17-14-4-3-9(7-13(14)16(18,19)20)11-6-10-2-1-5-22-15(10)12(11)8-21/h1-8H. The lowest BCUT2D eigenvalue weighted by molar-refractivity contribution is -0.138. The first-order valence-electron chi connectivity index (χ1n) is 6.24. The third-order valence-electron chi connectivity index (χ3n) is 3.34. The summed E-state index contributed by atoms with van der Waals surface area (Å²) in [6, 6.07) is 8.90. The van der Waals surface area contributed by atoms with Crippen LogP contribution in [0.25, 0.3) is 22.5 Å². The van der Waals surface area contributed by atoms with Crippen LogP contribution < -0.4 is 0 Å². The number of carbonyl (C=O) groups is 1. The quantitative estimate of drug-likeness (QED) is 0.547. The monoisotopic (exact) mass is 368 g/mol. The molecule has 0 N–H and O–H groups in total. The Balaban J connectivity index is 2.25. The SMILES string of the molecule is O=Cc1c(-c2ccc(Br)c(C(F)(F)F)c2)cc2cccoc1-2. The number of halogens is 4. The van der Waals surface area contributed by atoms with Crippen LogP contribution in [-0.2, 0) is 6.18 Å². The fraction of sp³-hybridized carbons (Fsp3) is 0.0625. The predicted octanol–water partition coefficient (Wildman–Crippen LogP) is 5.65. The molecule has 2 aliphatic rings. The summed E-state index contributed by atoms with van der Waals surface area (Å²) in [6.07, 6.45) is -2.47. The van der Waals surface area contributed by atoms with E-state index in [-0.39, 0.29) is 10.0 Å². The summed E-state index contributed by atoms with van der Waals surface area (Å²) in [4.78, 5) is 11.3. The lowest BCUT2D eigenvalue weighted by Gasteiger charge is -2.11. The fourth-order valence-electron chi connectivity index (χ4n) is 2.35. The molecule has 0 saturated heterocycles. The summed E-state index contributed by atoms with van der Waals surface area (Å²) in [6.45, 7) is 0. The van der Waals surface area contributed by atoms with E-state index >= 15 is 0 Å². The van der Waals surface area contributed by atoms with Crippen LogP contribution in [-0.4, -0.2) is 6.29 Å². The molecule has 2 nitrogen and oxygen atoms in total. The minimum atomic E-state index is -4.48. The Bertz CT molecular complexity index is 821. The summed E-state index contributed by atoms with van der Waals surface area (Å²) >= 11 is 2.90. The minimum absolute atomic E-state index is 0.0443. The van der Waals surface area contributed by atoms with Gasteiger partial charge in [0, 0.05) is 10.0 Å². The van der Waals surface area contributed by atoms with Gasteiger partial charge in [0.25, 0.3) is 0 Å². The zero-order valence-corrected chi connectivity index (χ0v) is 12.5. The lowest BCUT2D eigenvalue weighted by atomic mass is 10.0. The average Bonchev–Trinajstić information content (AvgIpc) is 2.85. The summed E-state index contributed by atoms with van der Waals surface area (Å²) in [7, 11) is 0. The van der Waals surface area contributed by atoms with Crippen LogP contribution in [0.15, 0.2) is 51.6 Å². The van der Waals surface area contributed by atoms with Gasteiger partial charge in [-0.2, -0.15) is 13.2 Å². The number of rotatable bonds is 2. The highest BCUT2D eigenvalue weighted by atomic mass is 79.9. The maximum atomic E-state index is 13.0. The summed E-state index contributed by atoms with van der Waals surface area (Å²) in [5.74, 6) is 0.365. The van der Waals surface area contributed by atoms with Gasteiger partial charge in [0.15, 0.2) is 6.29 Å². The molecule has 0 atom stereocenters. The van der Waals surface area contributed by atoms with Crippen LogP contribution in [0.4, 0.5) is 13.2 Å². The van der Waals surface area contributed by atoms with Gasteiger partial charge in [0.1, 0.15) is 5.76 Å². The molecule has 0 unspecified atom stereocenters.